The van der Waals surface area contributed by atoms with E-state index in [4.69, 9.17) is 0 Å². The van der Waals surface area contributed by atoms with Gasteiger partial charge in [0.25, 0.3) is 0 Å². The van der Waals surface area contributed by atoms with Gasteiger partial charge in [-0.25, -0.2) is 0 Å². The molecule has 4 heteroatoms. The van der Waals surface area contributed by atoms with Crippen LogP contribution in [0.5, 0.6) is 0 Å². The third-order valence-electron chi connectivity index (χ3n) is 3.20. The smallest absolute Gasteiger partial charge is 0.181 e. The zero-order valence-electron chi connectivity index (χ0n) is 11.8. The lowest BCUT2D eigenvalue weighted by atomic mass is 10.0. The lowest BCUT2D eigenvalue weighted by Gasteiger charge is -2.15. The van der Waals surface area contributed by atoms with Crippen molar-refractivity contribution in [3.8, 4) is 0 Å². The summed E-state index contributed by atoms with van der Waals surface area (Å²) >= 11 is 0. The van der Waals surface area contributed by atoms with Crippen molar-refractivity contribution in [2.24, 2.45) is 0 Å². The summed E-state index contributed by atoms with van der Waals surface area (Å²) in [6.07, 6.45) is 5.86. The summed E-state index contributed by atoms with van der Waals surface area (Å²) in [5, 5.41) is 3.29. The highest BCUT2D eigenvalue weighted by atomic mass is 16.1. The summed E-state index contributed by atoms with van der Waals surface area (Å²) in [6.45, 7) is 4.59. The minimum absolute atomic E-state index is 0.0840. The molecule has 1 atom stereocenters. The summed E-state index contributed by atoms with van der Waals surface area (Å²) < 4.78 is 0. The molecule has 0 aliphatic rings. The molecule has 2 rings (SSSR count). The summed E-state index contributed by atoms with van der Waals surface area (Å²) in [7, 11) is 0. The number of rotatable bonds is 6. The fourth-order valence-corrected chi connectivity index (χ4v) is 1.98. The van der Waals surface area contributed by atoms with E-state index in [1.165, 1.54) is 0 Å². The topological polar surface area (TPSA) is 54.9 Å². The molecule has 0 aliphatic carbocycles. The molecular formula is C16H19N3O. The van der Waals surface area contributed by atoms with Gasteiger partial charge in [0.15, 0.2) is 5.78 Å². The zero-order chi connectivity index (χ0) is 14.4. The van der Waals surface area contributed by atoms with Gasteiger partial charge in [-0.3, -0.25) is 14.8 Å². The molecule has 1 N–H and O–H groups in total. The maximum absolute atomic E-state index is 12.3. The van der Waals surface area contributed by atoms with E-state index in [9.17, 15) is 4.79 Å². The number of ketones is 1. The van der Waals surface area contributed by atoms with Crippen LogP contribution in [-0.2, 0) is 6.54 Å². The predicted octanol–water partition coefficient (Wildman–Crippen LogP) is 2.54. The fourth-order valence-electron chi connectivity index (χ4n) is 1.98. The Morgan fingerprint density at radius 3 is 2.75 bits per heavy atom. The van der Waals surface area contributed by atoms with Crippen LogP contribution in [0.1, 0.15) is 35.0 Å². The molecular weight excluding hydrogens is 250 g/mol. The average molecular weight is 269 g/mol. The number of nitrogens with zero attached hydrogens (tertiary/aromatic N) is 2. The third kappa shape index (κ3) is 3.71. The van der Waals surface area contributed by atoms with Crippen LogP contribution in [0, 0.1) is 6.92 Å². The molecule has 0 spiro atoms. The Hall–Kier alpha value is -2.07. The molecule has 0 saturated heterocycles. The average Bonchev–Trinajstić information content (AvgIpc) is 2.50. The van der Waals surface area contributed by atoms with Crippen molar-refractivity contribution in [1.82, 2.24) is 15.3 Å². The van der Waals surface area contributed by atoms with Crippen LogP contribution in [0.3, 0.4) is 0 Å². The molecule has 0 bridgehead atoms. The van der Waals surface area contributed by atoms with Gasteiger partial charge in [0.2, 0.25) is 0 Å². The Morgan fingerprint density at radius 1 is 1.30 bits per heavy atom. The van der Waals surface area contributed by atoms with Crippen molar-refractivity contribution < 1.29 is 4.79 Å². The van der Waals surface area contributed by atoms with E-state index < -0.39 is 0 Å². The molecule has 0 radical (unpaired) electrons. The van der Waals surface area contributed by atoms with Gasteiger partial charge in [0, 0.05) is 36.4 Å². The molecule has 0 amide bonds. The summed E-state index contributed by atoms with van der Waals surface area (Å²) in [5.41, 5.74) is 2.72. The lowest BCUT2D eigenvalue weighted by molar-refractivity contribution is 0.0939. The standard InChI is InChI=1S/C16H19N3O/c1-3-15(16(20)14-5-4-8-17-11-14)19-10-13-7-6-12(2)18-9-13/h4-9,11,15,19H,3,10H2,1-2H3. The summed E-state index contributed by atoms with van der Waals surface area (Å²) in [4.78, 5) is 20.6. The molecule has 20 heavy (non-hydrogen) atoms. The van der Waals surface area contributed by atoms with Crippen molar-refractivity contribution in [1.29, 1.82) is 0 Å². The number of pyridine rings is 2. The second kappa shape index (κ2) is 6.91. The Kier molecular flexibility index (Phi) is 4.96. The Balaban J connectivity index is 1.99. The predicted molar refractivity (Wildman–Crippen MR) is 78.5 cm³/mol. The van der Waals surface area contributed by atoms with Gasteiger partial charge in [0.05, 0.1) is 6.04 Å². The number of aryl methyl sites for hydroxylation is 1. The normalized spacial score (nSPS) is 12.1. The van der Waals surface area contributed by atoms with Gasteiger partial charge in [-0.15, -0.1) is 0 Å². The van der Waals surface area contributed by atoms with Gasteiger partial charge in [-0.1, -0.05) is 13.0 Å². The van der Waals surface area contributed by atoms with E-state index >= 15 is 0 Å². The zero-order valence-corrected chi connectivity index (χ0v) is 11.8. The van der Waals surface area contributed by atoms with E-state index in [2.05, 4.69) is 15.3 Å². The van der Waals surface area contributed by atoms with Crippen molar-refractivity contribution in [3.05, 3.63) is 59.7 Å². The van der Waals surface area contributed by atoms with E-state index in [-0.39, 0.29) is 11.8 Å². The van der Waals surface area contributed by atoms with Gasteiger partial charge in [-0.05, 0) is 37.1 Å². The maximum atomic E-state index is 12.3. The van der Waals surface area contributed by atoms with Gasteiger partial charge < -0.3 is 5.32 Å². The number of Topliss-reactive ketones (excluding diaryl/α,β-unsaturated/α-hetero) is 1. The fraction of sp³-hybridized carbons (Fsp3) is 0.312. The minimum atomic E-state index is -0.194. The first-order valence-corrected chi connectivity index (χ1v) is 6.80. The summed E-state index contributed by atoms with van der Waals surface area (Å²) in [6, 6.07) is 7.38. The van der Waals surface area contributed by atoms with E-state index in [1.54, 1.807) is 24.5 Å². The van der Waals surface area contributed by atoms with E-state index in [0.29, 0.717) is 12.1 Å². The Bertz CT molecular complexity index is 552. The van der Waals surface area contributed by atoms with Crippen molar-refractivity contribution in [2.75, 3.05) is 0 Å². The van der Waals surface area contributed by atoms with Crippen molar-refractivity contribution in [3.63, 3.8) is 0 Å². The monoisotopic (exact) mass is 269 g/mol. The number of carbonyl (C=O) groups excluding carboxylic acids is 1. The van der Waals surface area contributed by atoms with E-state index in [1.807, 2.05) is 32.2 Å². The van der Waals surface area contributed by atoms with Crippen molar-refractivity contribution >= 4 is 5.78 Å². The highest BCUT2D eigenvalue weighted by Gasteiger charge is 2.17. The second-order valence-electron chi connectivity index (χ2n) is 4.76. The van der Waals surface area contributed by atoms with Crippen molar-refractivity contribution in [2.45, 2.75) is 32.9 Å². The molecule has 0 aliphatic heterocycles. The molecule has 2 heterocycles. The second-order valence-corrected chi connectivity index (χ2v) is 4.76. The van der Waals surface area contributed by atoms with E-state index in [0.717, 1.165) is 17.7 Å². The SMILES string of the molecule is CCC(NCc1ccc(C)nc1)C(=O)c1cccnc1. The van der Waals surface area contributed by atoms with Gasteiger partial charge in [0.1, 0.15) is 0 Å². The van der Waals surface area contributed by atoms with Crippen LogP contribution in [0.2, 0.25) is 0 Å². The molecule has 2 aromatic heterocycles. The highest BCUT2D eigenvalue weighted by Crippen LogP contribution is 2.06. The van der Waals surface area contributed by atoms with Crippen LogP contribution in [-0.4, -0.2) is 21.8 Å². The number of nitrogens with one attached hydrogen (secondary N) is 1. The maximum Gasteiger partial charge on any atom is 0.181 e. The molecule has 2 aromatic rings. The molecule has 104 valence electrons. The van der Waals surface area contributed by atoms with Crippen LogP contribution >= 0.6 is 0 Å². The largest absolute Gasteiger partial charge is 0.303 e. The minimum Gasteiger partial charge on any atom is -0.303 e. The third-order valence-corrected chi connectivity index (χ3v) is 3.20. The first-order valence-electron chi connectivity index (χ1n) is 6.80. The van der Waals surface area contributed by atoms with Crippen LogP contribution < -0.4 is 5.32 Å². The van der Waals surface area contributed by atoms with Crippen LogP contribution in [0.4, 0.5) is 0 Å². The quantitative estimate of drug-likeness (QED) is 0.819. The molecule has 4 nitrogen and oxygen atoms in total. The first kappa shape index (κ1) is 14.3. The Labute approximate surface area is 119 Å². The van der Waals surface area contributed by atoms with Crippen LogP contribution in [0.15, 0.2) is 42.9 Å². The summed E-state index contributed by atoms with van der Waals surface area (Å²) in [5.74, 6) is 0.0840. The first-order chi connectivity index (χ1) is 9.70. The van der Waals surface area contributed by atoms with Crippen LogP contribution in [0.25, 0.3) is 0 Å². The molecule has 0 saturated carbocycles. The highest BCUT2D eigenvalue weighted by molar-refractivity contribution is 5.99. The lowest BCUT2D eigenvalue weighted by Crippen LogP contribution is -2.35. The number of hydrogen-bond donors (Lipinski definition) is 1. The number of carbonyl (C=O) groups is 1. The van der Waals surface area contributed by atoms with Gasteiger partial charge in [-0.2, -0.15) is 0 Å². The number of hydrogen-bond acceptors (Lipinski definition) is 4. The number of aromatic nitrogens is 2. The molecule has 0 aromatic carbocycles. The Morgan fingerprint density at radius 2 is 2.15 bits per heavy atom. The van der Waals surface area contributed by atoms with Gasteiger partial charge >= 0.3 is 0 Å². The molecule has 0 fully saturated rings. The molecule has 1 unspecified atom stereocenters.